The Morgan fingerprint density at radius 1 is 0.262 bits per heavy atom. The summed E-state index contributed by atoms with van der Waals surface area (Å²) in [6.07, 6.45) is 0. The molecular formula is C103H112BN3. The van der Waals surface area contributed by atoms with Crippen molar-refractivity contribution in [2.24, 2.45) is 0 Å². The fourth-order valence-electron chi connectivity index (χ4n) is 15.7. The lowest BCUT2D eigenvalue weighted by Gasteiger charge is -2.46. The van der Waals surface area contributed by atoms with Gasteiger partial charge in [-0.3, -0.25) is 4.98 Å². The first-order valence-corrected chi connectivity index (χ1v) is 38.7. The van der Waals surface area contributed by atoms with Crippen LogP contribution >= 0.6 is 0 Å². The Morgan fingerprint density at radius 2 is 0.589 bits per heavy atom. The standard InChI is InChI=1S/C103H112BN3/c1-96(2,3)74-51-71(52-75(59-74)97(4,5)6)70-46-49-86-88(56-70)106(93-81(66-39-31-26-32-40-66)61-78(100(13,14)15)62-82(93)67-41-33-27-34-42-67)89-57-73(72-53-76(98(7,8)9)60-77(54-72)99(10,11)12)58-90-92(89)104(86)85-48-45-69(65-37-29-25-30-38-65)55-87(85)107(90)94-83(68-43-35-28-36-44-68)63-79(101(16,17)18)64-84(94)80-47-50-91(102(19,20)21)105-95(80)103(22,23)24/h25-64H,1-24H3/i25D,29D,30D,37D,38D. The molecule has 1 aromatic heterocycles. The average molecular weight is 1410 g/mol. The van der Waals surface area contributed by atoms with Gasteiger partial charge in [0.05, 0.1) is 23.9 Å². The smallest absolute Gasteiger partial charge is 0.252 e. The zero-order valence-corrected chi connectivity index (χ0v) is 68.1. The van der Waals surface area contributed by atoms with Crippen LogP contribution < -0.4 is 26.2 Å². The maximum Gasteiger partial charge on any atom is 0.252 e. The van der Waals surface area contributed by atoms with Crippen molar-refractivity contribution < 1.29 is 6.85 Å². The Balaban J connectivity index is 1.27. The number of fused-ring (bicyclic) bond motifs is 4. The van der Waals surface area contributed by atoms with Gasteiger partial charge in [-0.15, -0.1) is 0 Å². The molecule has 0 amide bonds. The summed E-state index contributed by atoms with van der Waals surface area (Å²) < 4.78 is 47.1. The summed E-state index contributed by atoms with van der Waals surface area (Å²) in [5.74, 6) is 0. The van der Waals surface area contributed by atoms with Crippen LogP contribution in [0.4, 0.5) is 34.1 Å². The molecular weight excluding hydrogens is 1290 g/mol. The van der Waals surface area contributed by atoms with Crippen LogP contribution in [0.25, 0.3) is 77.9 Å². The molecule has 0 saturated carbocycles. The summed E-state index contributed by atoms with van der Waals surface area (Å²) >= 11 is 0. The van der Waals surface area contributed by atoms with Gasteiger partial charge in [-0.1, -0.05) is 354 Å². The molecule has 12 aromatic rings. The highest BCUT2D eigenvalue weighted by atomic mass is 15.2. The normalized spacial score (nSPS) is 14.2. The van der Waals surface area contributed by atoms with Crippen molar-refractivity contribution in [2.45, 2.75) is 209 Å². The number of hydrogen-bond acceptors (Lipinski definition) is 3. The minimum Gasteiger partial charge on any atom is -0.310 e. The molecule has 3 heterocycles. The second-order valence-corrected chi connectivity index (χ2v) is 38.7. The highest BCUT2D eigenvalue weighted by Gasteiger charge is 2.47. The van der Waals surface area contributed by atoms with Gasteiger partial charge < -0.3 is 9.80 Å². The number of aromatic nitrogens is 1. The molecule has 14 rings (SSSR count). The Hall–Kier alpha value is -9.77. The number of rotatable bonds is 9. The maximum atomic E-state index is 9.82. The van der Waals surface area contributed by atoms with E-state index in [9.17, 15) is 5.48 Å². The number of hydrogen-bond donors (Lipinski definition) is 0. The molecule has 542 valence electrons. The van der Waals surface area contributed by atoms with Gasteiger partial charge in [0.2, 0.25) is 0 Å². The highest BCUT2D eigenvalue weighted by Crippen LogP contribution is 2.57. The van der Waals surface area contributed by atoms with Gasteiger partial charge in [0, 0.05) is 67.1 Å². The zero-order chi connectivity index (χ0) is 81.0. The van der Waals surface area contributed by atoms with Crippen LogP contribution in [0.1, 0.15) is 218 Å². The molecule has 0 N–H and O–H groups in total. The van der Waals surface area contributed by atoms with Crippen molar-refractivity contribution in [3.63, 3.8) is 0 Å². The third-order valence-electron chi connectivity index (χ3n) is 22.2. The van der Waals surface area contributed by atoms with Gasteiger partial charge >= 0.3 is 0 Å². The van der Waals surface area contributed by atoms with Crippen LogP contribution in [0.15, 0.2) is 243 Å². The van der Waals surface area contributed by atoms with Crippen LogP contribution in [0, 0.1) is 0 Å². The Kier molecular flexibility index (Phi) is 16.8. The molecule has 0 radical (unpaired) electrons. The predicted octanol–water partition coefficient (Wildman–Crippen LogP) is 27.2. The molecule has 2 aliphatic rings. The minimum absolute atomic E-state index is 0.138. The van der Waals surface area contributed by atoms with E-state index in [1.165, 1.54) is 27.8 Å². The fourth-order valence-corrected chi connectivity index (χ4v) is 15.7. The van der Waals surface area contributed by atoms with Gasteiger partial charge in [-0.05, 0) is 187 Å². The molecule has 0 bridgehead atoms. The quantitative estimate of drug-likeness (QED) is 0.134. The van der Waals surface area contributed by atoms with Crippen LogP contribution in [0.3, 0.4) is 0 Å². The summed E-state index contributed by atoms with van der Waals surface area (Å²) in [6, 6.07) is 78.8. The lowest BCUT2D eigenvalue weighted by Crippen LogP contribution is -2.61. The molecule has 0 aliphatic carbocycles. The van der Waals surface area contributed by atoms with E-state index in [0.717, 1.165) is 134 Å². The van der Waals surface area contributed by atoms with Crippen molar-refractivity contribution in [3.05, 3.63) is 287 Å². The summed E-state index contributed by atoms with van der Waals surface area (Å²) in [6.45, 7) is 54.9. The summed E-state index contributed by atoms with van der Waals surface area (Å²) in [5.41, 5.74) is 29.5. The van der Waals surface area contributed by atoms with Crippen LogP contribution in [-0.4, -0.2) is 11.7 Å². The second-order valence-electron chi connectivity index (χ2n) is 38.7. The minimum atomic E-state index is -0.458. The topological polar surface area (TPSA) is 19.4 Å². The van der Waals surface area contributed by atoms with Crippen molar-refractivity contribution in [1.29, 1.82) is 0 Å². The lowest BCUT2D eigenvalue weighted by molar-refractivity contribution is 0.532. The molecule has 4 heteroatoms. The van der Waals surface area contributed by atoms with E-state index in [1.807, 2.05) is 6.07 Å². The van der Waals surface area contributed by atoms with Crippen molar-refractivity contribution in [1.82, 2.24) is 4.98 Å². The maximum absolute atomic E-state index is 9.82. The first-order valence-electron chi connectivity index (χ1n) is 41.2. The van der Waals surface area contributed by atoms with Crippen molar-refractivity contribution >= 4 is 57.2 Å². The molecule has 0 atom stereocenters. The second kappa shape index (κ2) is 26.6. The monoisotopic (exact) mass is 1410 g/mol. The van der Waals surface area contributed by atoms with E-state index in [2.05, 4.69) is 382 Å². The van der Waals surface area contributed by atoms with Crippen LogP contribution in [-0.2, 0) is 43.3 Å². The predicted molar refractivity (Wildman–Crippen MR) is 466 cm³/mol. The van der Waals surface area contributed by atoms with Gasteiger partial charge in [0.1, 0.15) is 0 Å². The van der Waals surface area contributed by atoms with E-state index < -0.39 is 18.2 Å². The van der Waals surface area contributed by atoms with E-state index in [0.29, 0.717) is 5.56 Å². The van der Waals surface area contributed by atoms with E-state index in [-0.39, 0.29) is 67.6 Å². The largest absolute Gasteiger partial charge is 0.310 e. The molecule has 3 nitrogen and oxygen atoms in total. The van der Waals surface area contributed by atoms with Crippen molar-refractivity contribution in [2.75, 3.05) is 9.80 Å². The third kappa shape index (κ3) is 14.2. The van der Waals surface area contributed by atoms with Gasteiger partial charge in [-0.25, -0.2) is 0 Å². The molecule has 107 heavy (non-hydrogen) atoms. The van der Waals surface area contributed by atoms with Crippen molar-refractivity contribution in [3.8, 4) is 77.9 Å². The van der Waals surface area contributed by atoms with Crippen LogP contribution in [0.5, 0.6) is 0 Å². The molecule has 0 unspecified atom stereocenters. The number of nitrogens with zero attached hydrogens (tertiary/aromatic N) is 3. The van der Waals surface area contributed by atoms with E-state index >= 15 is 0 Å². The SMILES string of the molecule is [2H]c1c([2H])c([2H])c(-c2ccc3c(c2)N(c2c(-c4ccccc4)cc(C(C)(C)C)cc2-c2ccc(C(C)(C)C)nc2C(C)(C)C)c2cc(-c4cc(C(C)(C)C)cc(C(C)(C)C)c4)cc4c2B3c2ccc(-c3cc(C(C)(C)C)cc(C(C)(C)C)c3)cc2N4c2c(-c3ccccc3)cc(C(C)(C)C)cc2-c2ccccc2)c([2H])c1[2H]. The summed E-state index contributed by atoms with van der Waals surface area (Å²) in [5, 5.41) is 0. The Morgan fingerprint density at radius 3 is 0.953 bits per heavy atom. The zero-order valence-electron chi connectivity index (χ0n) is 73.1. The van der Waals surface area contributed by atoms with Gasteiger partial charge in [0.25, 0.3) is 6.71 Å². The number of benzene rings is 11. The first kappa shape index (κ1) is 67.8. The van der Waals surface area contributed by atoms with Gasteiger partial charge in [0.15, 0.2) is 0 Å². The summed E-state index contributed by atoms with van der Waals surface area (Å²) in [7, 11) is 0. The lowest BCUT2D eigenvalue weighted by atomic mass is 9.33. The molecule has 11 aromatic carbocycles. The third-order valence-corrected chi connectivity index (χ3v) is 22.2. The molecule has 2 aliphatic heterocycles. The molecule has 0 fully saturated rings. The number of pyridine rings is 1. The van der Waals surface area contributed by atoms with Crippen LogP contribution in [0.2, 0.25) is 0 Å². The Labute approximate surface area is 649 Å². The molecule has 0 saturated heterocycles. The first-order chi connectivity index (χ1) is 52.2. The van der Waals surface area contributed by atoms with Gasteiger partial charge in [-0.2, -0.15) is 0 Å². The Bertz CT molecular complexity index is 5560. The average Bonchev–Trinajstić information content (AvgIpc) is 0.684. The summed E-state index contributed by atoms with van der Waals surface area (Å²) in [4.78, 5) is 11.0. The molecule has 0 spiro atoms. The number of anilines is 6. The van der Waals surface area contributed by atoms with E-state index in [4.69, 9.17) is 6.35 Å². The fraction of sp³-hybridized carbons (Fsp3) is 0.311. The van der Waals surface area contributed by atoms with E-state index in [1.54, 1.807) is 0 Å². The highest BCUT2D eigenvalue weighted by molar-refractivity contribution is 7.00.